The van der Waals surface area contributed by atoms with Crippen molar-refractivity contribution in [3.8, 4) is 5.75 Å². The molecule has 2 fully saturated rings. The highest BCUT2D eigenvalue weighted by Crippen LogP contribution is 2.53. The third-order valence-corrected chi connectivity index (χ3v) is 6.74. The first-order valence-electron chi connectivity index (χ1n) is 10.3. The molecule has 1 atom stereocenters. The summed E-state index contributed by atoms with van der Waals surface area (Å²) in [5.41, 5.74) is 2.18. The lowest BCUT2D eigenvalue weighted by Gasteiger charge is -2.48. The van der Waals surface area contributed by atoms with Gasteiger partial charge in [-0.25, -0.2) is 0 Å². The summed E-state index contributed by atoms with van der Waals surface area (Å²) in [5.74, 6) is 0.841. The van der Waals surface area contributed by atoms with E-state index in [1.54, 1.807) is 0 Å². The number of carbonyl (C=O) groups is 1. The Labute approximate surface area is 158 Å². The predicted molar refractivity (Wildman–Crippen MR) is 105 cm³/mol. The maximum atomic E-state index is 10.7. The van der Waals surface area contributed by atoms with Crippen LogP contribution in [0.1, 0.15) is 77.2 Å². The first-order valence-corrected chi connectivity index (χ1v) is 10.3. The van der Waals surface area contributed by atoms with Crippen LogP contribution in [-0.4, -0.2) is 17.7 Å². The van der Waals surface area contributed by atoms with Crippen molar-refractivity contribution in [2.24, 2.45) is 16.7 Å². The van der Waals surface area contributed by atoms with Gasteiger partial charge in [-0.15, -0.1) is 0 Å². The van der Waals surface area contributed by atoms with E-state index in [0.29, 0.717) is 23.2 Å². The number of benzene rings is 1. The van der Waals surface area contributed by atoms with E-state index in [-0.39, 0.29) is 6.42 Å². The largest absolute Gasteiger partial charge is 0.493 e. The normalized spacial score (nSPS) is 24.3. The van der Waals surface area contributed by atoms with E-state index in [1.165, 1.54) is 51.4 Å². The molecule has 1 spiro atoms. The Hall–Kier alpha value is -1.51. The average molecular weight is 359 g/mol. The first-order chi connectivity index (χ1) is 12.4. The summed E-state index contributed by atoms with van der Waals surface area (Å²) < 4.78 is 6.08. The van der Waals surface area contributed by atoms with E-state index >= 15 is 0 Å². The van der Waals surface area contributed by atoms with Crippen LogP contribution in [0.15, 0.2) is 24.3 Å². The molecule has 3 nitrogen and oxygen atoms in total. The van der Waals surface area contributed by atoms with Gasteiger partial charge in [0, 0.05) is 6.42 Å². The first kappa shape index (κ1) is 19.3. The number of hydrogen-bond acceptors (Lipinski definition) is 2. The Morgan fingerprint density at radius 1 is 1.12 bits per heavy atom. The van der Waals surface area contributed by atoms with Crippen molar-refractivity contribution in [2.45, 2.75) is 78.1 Å². The van der Waals surface area contributed by atoms with E-state index in [2.05, 4.69) is 13.8 Å². The van der Waals surface area contributed by atoms with Crippen molar-refractivity contribution in [3.63, 3.8) is 0 Å². The number of hydrogen-bond donors (Lipinski definition) is 1. The summed E-state index contributed by atoms with van der Waals surface area (Å²) in [6.07, 6.45) is 11.7. The molecule has 0 aromatic heterocycles. The smallest absolute Gasteiger partial charge is 0.303 e. The fourth-order valence-corrected chi connectivity index (χ4v) is 4.85. The molecule has 1 unspecified atom stereocenters. The highest BCUT2D eigenvalue weighted by molar-refractivity contribution is 5.67. The highest BCUT2D eigenvalue weighted by atomic mass is 16.5. The van der Waals surface area contributed by atoms with Crippen molar-refractivity contribution in [1.29, 1.82) is 0 Å². The Morgan fingerprint density at radius 3 is 2.46 bits per heavy atom. The van der Waals surface area contributed by atoms with Crippen molar-refractivity contribution < 1.29 is 14.6 Å². The van der Waals surface area contributed by atoms with Gasteiger partial charge in [0.25, 0.3) is 0 Å². The van der Waals surface area contributed by atoms with Crippen LogP contribution in [0.5, 0.6) is 5.75 Å². The minimum Gasteiger partial charge on any atom is -0.493 e. The lowest BCUT2D eigenvalue weighted by Crippen LogP contribution is -2.36. The minimum atomic E-state index is -0.748. The minimum absolute atomic E-state index is 0.182. The summed E-state index contributed by atoms with van der Waals surface area (Å²) in [5, 5.41) is 8.77. The molecule has 0 bridgehead atoms. The maximum Gasteiger partial charge on any atom is 0.303 e. The third kappa shape index (κ3) is 5.25. The molecule has 26 heavy (non-hydrogen) atoms. The molecule has 0 aliphatic heterocycles. The zero-order valence-corrected chi connectivity index (χ0v) is 16.4. The standard InChI is InChI=1S/C23H34O3/c1-22(2)12-14-23(15-13-22)11-3-4-19(16-23)17-26-20-8-5-18(6-9-20)7-10-21(24)25/h5-6,8-9,19H,3-4,7,10-17H2,1-2H3,(H,24,25). The molecule has 1 N–H and O–H groups in total. The Morgan fingerprint density at radius 2 is 1.81 bits per heavy atom. The monoisotopic (exact) mass is 358 g/mol. The average Bonchev–Trinajstić information content (AvgIpc) is 2.62. The molecule has 3 rings (SSSR count). The molecule has 144 valence electrons. The fraction of sp³-hybridized carbons (Fsp3) is 0.696. The van der Waals surface area contributed by atoms with Crippen LogP contribution in [0.2, 0.25) is 0 Å². The van der Waals surface area contributed by atoms with Crippen molar-refractivity contribution in [2.75, 3.05) is 6.61 Å². The van der Waals surface area contributed by atoms with Gasteiger partial charge in [0.15, 0.2) is 0 Å². The van der Waals surface area contributed by atoms with Crippen molar-refractivity contribution >= 4 is 5.97 Å². The van der Waals surface area contributed by atoms with Crippen LogP contribution in [0.25, 0.3) is 0 Å². The Bertz CT molecular complexity index is 592. The van der Waals surface area contributed by atoms with Crippen LogP contribution >= 0.6 is 0 Å². The zero-order chi connectivity index (χ0) is 18.6. The number of aryl methyl sites for hydroxylation is 1. The second-order valence-electron chi connectivity index (χ2n) is 9.48. The number of carboxylic acid groups (broad SMARTS) is 1. The van der Waals surface area contributed by atoms with Crippen LogP contribution in [-0.2, 0) is 11.2 Å². The summed E-state index contributed by atoms with van der Waals surface area (Å²) in [7, 11) is 0. The highest BCUT2D eigenvalue weighted by Gasteiger charge is 2.41. The molecule has 0 amide bonds. The van der Waals surface area contributed by atoms with Gasteiger partial charge in [-0.3, -0.25) is 4.79 Å². The zero-order valence-electron chi connectivity index (χ0n) is 16.4. The topological polar surface area (TPSA) is 46.5 Å². The molecule has 0 radical (unpaired) electrons. The van der Waals surface area contributed by atoms with Gasteiger partial charge in [-0.2, -0.15) is 0 Å². The lowest BCUT2D eigenvalue weighted by molar-refractivity contribution is -0.136. The van der Waals surface area contributed by atoms with Gasteiger partial charge in [0.2, 0.25) is 0 Å². The molecule has 2 aliphatic carbocycles. The third-order valence-electron chi connectivity index (χ3n) is 6.74. The summed E-state index contributed by atoms with van der Waals surface area (Å²) in [6.45, 7) is 5.66. The Kier molecular flexibility index (Phi) is 5.94. The molecule has 2 saturated carbocycles. The van der Waals surface area contributed by atoms with Gasteiger partial charge in [-0.05, 0) is 85.8 Å². The van der Waals surface area contributed by atoms with E-state index in [9.17, 15) is 4.79 Å². The summed E-state index contributed by atoms with van der Waals surface area (Å²) in [6, 6.07) is 7.95. The number of aliphatic carboxylic acids is 1. The van der Waals surface area contributed by atoms with E-state index < -0.39 is 5.97 Å². The van der Waals surface area contributed by atoms with E-state index in [4.69, 9.17) is 9.84 Å². The predicted octanol–water partition coefficient (Wildman–Crippen LogP) is 5.86. The molecular formula is C23H34O3. The molecule has 1 aromatic carbocycles. The van der Waals surface area contributed by atoms with E-state index in [0.717, 1.165) is 17.9 Å². The molecular weight excluding hydrogens is 324 g/mol. The molecule has 1 aromatic rings. The quantitative estimate of drug-likeness (QED) is 0.693. The summed E-state index contributed by atoms with van der Waals surface area (Å²) in [4.78, 5) is 10.7. The Balaban J connectivity index is 1.48. The molecule has 0 heterocycles. The molecule has 0 saturated heterocycles. The van der Waals surface area contributed by atoms with Gasteiger partial charge >= 0.3 is 5.97 Å². The van der Waals surface area contributed by atoms with Crippen LogP contribution in [0, 0.1) is 16.7 Å². The SMILES string of the molecule is CC1(C)CCC2(CCCC(COc3ccc(CCC(=O)O)cc3)C2)CC1. The van der Waals surface area contributed by atoms with Gasteiger partial charge in [-0.1, -0.05) is 32.4 Å². The van der Waals surface area contributed by atoms with Crippen LogP contribution in [0.4, 0.5) is 0 Å². The lowest BCUT2D eigenvalue weighted by atomic mass is 9.58. The van der Waals surface area contributed by atoms with Crippen LogP contribution < -0.4 is 4.74 Å². The second-order valence-corrected chi connectivity index (χ2v) is 9.48. The molecule has 3 heteroatoms. The second kappa shape index (κ2) is 8.02. The van der Waals surface area contributed by atoms with E-state index in [1.807, 2.05) is 24.3 Å². The van der Waals surface area contributed by atoms with Crippen LogP contribution in [0.3, 0.4) is 0 Å². The van der Waals surface area contributed by atoms with Crippen molar-refractivity contribution in [3.05, 3.63) is 29.8 Å². The van der Waals surface area contributed by atoms with Gasteiger partial charge < -0.3 is 9.84 Å². The number of carboxylic acids is 1. The summed E-state index contributed by atoms with van der Waals surface area (Å²) >= 11 is 0. The number of rotatable bonds is 6. The molecule has 2 aliphatic rings. The number of ether oxygens (including phenoxy) is 1. The van der Waals surface area contributed by atoms with Gasteiger partial charge in [0.1, 0.15) is 5.75 Å². The fourth-order valence-electron chi connectivity index (χ4n) is 4.85. The maximum absolute atomic E-state index is 10.7. The van der Waals surface area contributed by atoms with Crippen molar-refractivity contribution in [1.82, 2.24) is 0 Å². The van der Waals surface area contributed by atoms with Gasteiger partial charge in [0.05, 0.1) is 6.61 Å².